The van der Waals surface area contributed by atoms with Gasteiger partial charge in [-0.25, -0.2) is 0 Å². The van der Waals surface area contributed by atoms with Crippen molar-refractivity contribution in [3.05, 3.63) is 75.7 Å². The maximum atomic E-state index is 15.1. The van der Waals surface area contributed by atoms with Crippen molar-refractivity contribution in [2.45, 2.75) is 46.0 Å². The highest BCUT2D eigenvalue weighted by Crippen LogP contribution is 2.67. The smallest absolute Gasteiger partial charge is 0.313 e. The molecule has 2 aromatic carbocycles. The summed E-state index contributed by atoms with van der Waals surface area (Å²) in [5, 5.41) is 20.5. The van der Waals surface area contributed by atoms with Crippen molar-refractivity contribution in [2.75, 3.05) is 23.0 Å². The number of hydrazone groups is 1. The summed E-state index contributed by atoms with van der Waals surface area (Å²) in [7, 11) is -3.59. The Hall–Kier alpha value is -3.12. The summed E-state index contributed by atoms with van der Waals surface area (Å²) in [4.78, 5) is 13.7. The second kappa shape index (κ2) is 8.58. The molecular weight excluding hydrogens is 449 g/mol. The van der Waals surface area contributed by atoms with E-state index >= 15 is 4.57 Å². The summed E-state index contributed by atoms with van der Waals surface area (Å²) in [5.41, 5.74) is 2.70. The quantitative estimate of drug-likeness (QED) is 0.295. The summed E-state index contributed by atoms with van der Waals surface area (Å²) < 4.78 is 16.7. The monoisotopic (exact) mass is 479 g/mol. The number of benzene rings is 2. The lowest BCUT2D eigenvalue weighted by molar-refractivity contribution is -0.383. The van der Waals surface area contributed by atoms with Gasteiger partial charge in [-0.2, -0.15) is 9.88 Å². The van der Waals surface area contributed by atoms with Crippen molar-refractivity contribution >= 4 is 30.2 Å². The highest BCUT2D eigenvalue weighted by Gasteiger charge is 2.51. The molecular formula is C25H30N5O3P. The molecule has 0 saturated carbocycles. The number of likely N-dealkylation sites (tertiary alicyclic amines) is 1. The maximum absolute atomic E-state index is 15.1. The van der Waals surface area contributed by atoms with Crippen LogP contribution in [0.3, 0.4) is 0 Å². The first kappa shape index (κ1) is 22.7. The predicted octanol–water partition coefficient (Wildman–Crippen LogP) is 6.59. The molecule has 0 unspecified atom stereocenters. The van der Waals surface area contributed by atoms with Crippen molar-refractivity contribution in [1.29, 1.82) is 0 Å². The zero-order valence-electron chi connectivity index (χ0n) is 19.6. The van der Waals surface area contributed by atoms with Gasteiger partial charge in [0.15, 0.2) is 0 Å². The molecule has 1 aliphatic carbocycles. The van der Waals surface area contributed by atoms with Crippen molar-refractivity contribution in [2.24, 2.45) is 10.5 Å². The molecule has 1 fully saturated rings. The van der Waals surface area contributed by atoms with Crippen molar-refractivity contribution < 1.29 is 9.49 Å². The molecule has 0 bridgehead atoms. The standard InChI is InChI=1S/C25H30N5O3P/c1-25(2)17-21-24(23(18-25)28-15-9-4-10-16-28)34(33,29(26-21)19-11-5-3-6-12-19)27-20-13-7-8-14-22(20)30(31)32/h3,5-8,11-14H,4,9-10,15-18H2,1-2H3,(H,27,33)/t34-/m0/s1. The number of allylic oxidation sites excluding steroid dienone is 2. The number of rotatable bonds is 5. The van der Waals surface area contributed by atoms with E-state index in [0.29, 0.717) is 12.1 Å². The van der Waals surface area contributed by atoms with Gasteiger partial charge < -0.3 is 9.99 Å². The third-order valence-electron chi connectivity index (χ3n) is 6.72. The first-order valence-electron chi connectivity index (χ1n) is 11.8. The summed E-state index contributed by atoms with van der Waals surface area (Å²) in [6.45, 7) is 6.31. The van der Waals surface area contributed by atoms with Crippen LogP contribution in [-0.4, -0.2) is 28.6 Å². The minimum absolute atomic E-state index is 0.0224. The fourth-order valence-electron chi connectivity index (χ4n) is 5.21. The van der Waals surface area contributed by atoms with Crippen LogP contribution in [0.5, 0.6) is 0 Å². The minimum Gasteiger partial charge on any atom is -0.374 e. The average Bonchev–Trinajstić information content (AvgIpc) is 3.10. The average molecular weight is 480 g/mol. The Morgan fingerprint density at radius 1 is 1.00 bits per heavy atom. The van der Waals surface area contributed by atoms with Gasteiger partial charge in [0, 0.05) is 24.9 Å². The van der Waals surface area contributed by atoms with Gasteiger partial charge in [0.1, 0.15) is 5.69 Å². The predicted molar refractivity (Wildman–Crippen MR) is 136 cm³/mol. The van der Waals surface area contributed by atoms with Crippen LogP contribution in [0.25, 0.3) is 0 Å². The van der Waals surface area contributed by atoms with Crippen LogP contribution in [-0.2, 0) is 4.57 Å². The number of anilines is 2. The SMILES string of the molecule is CC1(C)CC2=NN(c3ccccc3)[P@@](=O)(Nc3ccccc3[N+](=O)[O-])C2=C(N2CCCCC2)C1. The van der Waals surface area contributed by atoms with E-state index in [4.69, 9.17) is 5.10 Å². The zero-order chi connectivity index (χ0) is 23.9. The highest BCUT2D eigenvalue weighted by molar-refractivity contribution is 7.73. The van der Waals surface area contributed by atoms with Crippen LogP contribution in [0.1, 0.15) is 46.0 Å². The molecule has 0 spiro atoms. The van der Waals surface area contributed by atoms with Gasteiger partial charge >= 0.3 is 7.44 Å². The van der Waals surface area contributed by atoms with Crippen molar-refractivity contribution in [1.82, 2.24) is 4.90 Å². The number of nitrogens with zero attached hydrogens (tertiary/aromatic N) is 4. The lowest BCUT2D eigenvalue weighted by Gasteiger charge is -2.40. The maximum Gasteiger partial charge on any atom is 0.313 e. The Kier molecular flexibility index (Phi) is 5.72. The summed E-state index contributed by atoms with van der Waals surface area (Å²) in [6.07, 6.45) is 4.91. The van der Waals surface area contributed by atoms with Crippen LogP contribution < -0.4 is 9.87 Å². The molecule has 2 aliphatic heterocycles. The van der Waals surface area contributed by atoms with Crippen LogP contribution in [0.2, 0.25) is 0 Å². The molecule has 0 aromatic heterocycles. The van der Waals surface area contributed by atoms with Crippen LogP contribution >= 0.6 is 7.44 Å². The normalized spacial score (nSPS) is 24.0. The Morgan fingerprint density at radius 3 is 2.38 bits per heavy atom. The zero-order valence-corrected chi connectivity index (χ0v) is 20.5. The number of hydrogen-bond acceptors (Lipinski definition) is 5. The molecule has 1 atom stereocenters. The number of hydrogen-bond donors (Lipinski definition) is 1. The molecule has 2 aromatic rings. The fraction of sp³-hybridized carbons (Fsp3) is 0.400. The third-order valence-corrected chi connectivity index (χ3v) is 9.24. The molecule has 0 amide bonds. The molecule has 2 heterocycles. The summed E-state index contributed by atoms with van der Waals surface area (Å²) in [5.74, 6) is 0. The van der Waals surface area contributed by atoms with Gasteiger partial charge in [-0.05, 0) is 55.7 Å². The second-order valence-corrected chi connectivity index (χ2v) is 12.2. The van der Waals surface area contributed by atoms with Gasteiger partial charge in [-0.1, -0.05) is 44.2 Å². The lowest BCUT2D eigenvalue weighted by Crippen LogP contribution is -2.36. The first-order valence-corrected chi connectivity index (χ1v) is 13.5. The Labute approximate surface area is 200 Å². The molecule has 0 radical (unpaired) electrons. The Balaban J connectivity index is 1.71. The molecule has 9 heteroatoms. The summed E-state index contributed by atoms with van der Waals surface area (Å²) >= 11 is 0. The van der Waals surface area contributed by atoms with E-state index in [9.17, 15) is 10.1 Å². The first-order chi connectivity index (χ1) is 16.3. The number of nitro groups is 1. The molecule has 8 nitrogen and oxygen atoms in total. The van der Waals surface area contributed by atoms with E-state index in [1.807, 2.05) is 30.3 Å². The molecule has 1 N–H and O–H groups in total. The lowest BCUT2D eigenvalue weighted by atomic mass is 9.78. The molecule has 5 rings (SSSR count). The van der Waals surface area contributed by atoms with Crippen LogP contribution in [0, 0.1) is 15.5 Å². The van der Waals surface area contributed by atoms with E-state index in [2.05, 4.69) is 23.8 Å². The second-order valence-electron chi connectivity index (χ2n) is 9.99. The Bertz CT molecular complexity index is 1220. The van der Waals surface area contributed by atoms with Gasteiger partial charge in [0.05, 0.1) is 21.6 Å². The van der Waals surface area contributed by atoms with Gasteiger partial charge in [0.2, 0.25) is 0 Å². The summed E-state index contributed by atoms with van der Waals surface area (Å²) in [6, 6.07) is 15.8. The molecule has 3 aliphatic rings. The van der Waals surface area contributed by atoms with Crippen LogP contribution in [0.4, 0.5) is 17.1 Å². The van der Waals surface area contributed by atoms with Crippen LogP contribution in [0.15, 0.2) is 70.7 Å². The third kappa shape index (κ3) is 4.00. The van der Waals surface area contributed by atoms with Crippen molar-refractivity contribution in [3.63, 3.8) is 0 Å². The van der Waals surface area contributed by atoms with Gasteiger partial charge in [-0.3, -0.25) is 14.7 Å². The Morgan fingerprint density at radius 2 is 1.68 bits per heavy atom. The van der Waals surface area contributed by atoms with E-state index in [-0.39, 0.29) is 16.8 Å². The number of nitro benzene ring substituents is 1. The minimum atomic E-state index is -3.59. The van der Waals surface area contributed by atoms with Gasteiger partial charge in [-0.15, -0.1) is 0 Å². The molecule has 34 heavy (non-hydrogen) atoms. The number of fused-ring (bicyclic) bond motifs is 1. The fourth-order valence-corrected chi connectivity index (χ4v) is 7.86. The largest absolute Gasteiger partial charge is 0.374 e. The molecule has 1 saturated heterocycles. The number of nitrogens with one attached hydrogen (secondary N) is 1. The van der Waals surface area contributed by atoms with E-state index in [1.54, 1.807) is 23.0 Å². The van der Waals surface area contributed by atoms with Gasteiger partial charge in [0.25, 0.3) is 5.69 Å². The van der Waals surface area contributed by atoms with Crippen molar-refractivity contribution in [3.8, 4) is 0 Å². The topological polar surface area (TPSA) is 91.1 Å². The molecule has 178 valence electrons. The van der Waals surface area contributed by atoms with E-state index in [0.717, 1.165) is 49.1 Å². The van der Waals surface area contributed by atoms with E-state index in [1.165, 1.54) is 12.5 Å². The van der Waals surface area contributed by atoms with E-state index < -0.39 is 12.4 Å². The number of piperidine rings is 1. The highest BCUT2D eigenvalue weighted by atomic mass is 31.2. The number of para-hydroxylation sites is 3.